The molecule has 7 nitrogen and oxygen atoms in total. The summed E-state index contributed by atoms with van der Waals surface area (Å²) in [5.74, 6) is 0.235. The number of ketones is 1. The molecular formula is C30H45BrO7. The van der Waals surface area contributed by atoms with Crippen molar-refractivity contribution in [3.05, 3.63) is 0 Å². The zero-order valence-electron chi connectivity index (χ0n) is 23.8. The van der Waals surface area contributed by atoms with E-state index in [0.717, 1.165) is 32.1 Å². The van der Waals surface area contributed by atoms with Gasteiger partial charge in [0.2, 0.25) is 0 Å². The number of ether oxygens (including phenoxy) is 3. The van der Waals surface area contributed by atoms with Gasteiger partial charge in [-0.3, -0.25) is 19.2 Å². The van der Waals surface area contributed by atoms with Crippen molar-refractivity contribution in [2.24, 2.45) is 46.3 Å². The quantitative estimate of drug-likeness (QED) is 0.213. The van der Waals surface area contributed by atoms with E-state index >= 15 is 0 Å². The molecule has 0 bridgehead atoms. The first kappa shape index (κ1) is 29.5. The van der Waals surface area contributed by atoms with E-state index in [2.05, 4.69) is 36.7 Å². The van der Waals surface area contributed by atoms with Crippen LogP contribution < -0.4 is 0 Å². The molecule has 0 N–H and O–H groups in total. The fourth-order valence-corrected chi connectivity index (χ4v) is 10.4. The highest BCUT2D eigenvalue weighted by molar-refractivity contribution is 9.10. The van der Waals surface area contributed by atoms with E-state index in [1.54, 1.807) is 0 Å². The lowest BCUT2D eigenvalue weighted by Gasteiger charge is -2.63. The topological polar surface area (TPSA) is 96.0 Å². The molecule has 38 heavy (non-hydrogen) atoms. The second-order valence-corrected chi connectivity index (χ2v) is 13.9. The fourth-order valence-electron chi connectivity index (χ4n) is 9.31. The Morgan fingerprint density at radius 3 is 2.32 bits per heavy atom. The van der Waals surface area contributed by atoms with Crippen molar-refractivity contribution in [1.29, 1.82) is 0 Å². The van der Waals surface area contributed by atoms with Crippen LogP contribution in [0.15, 0.2) is 0 Å². The van der Waals surface area contributed by atoms with E-state index < -0.39 is 0 Å². The molecule has 8 heteroatoms. The van der Waals surface area contributed by atoms with E-state index in [1.165, 1.54) is 13.8 Å². The smallest absolute Gasteiger partial charge is 0.305 e. The van der Waals surface area contributed by atoms with Crippen LogP contribution in [0.25, 0.3) is 0 Å². The second-order valence-electron chi connectivity index (χ2n) is 12.9. The third-order valence-electron chi connectivity index (χ3n) is 11.0. The third-order valence-corrected chi connectivity index (χ3v) is 12.1. The van der Waals surface area contributed by atoms with Crippen molar-refractivity contribution in [3.8, 4) is 0 Å². The number of rotatable bonds is 7. The highest BCUT2D eigenvalue weighted by atomic mass is 79.9. The summed E-state index contributed by atoms with van der Waals surface area (Å²) in [6.07, 6.45) is 5.56. The van der Waals surface area contributed by atoms with Crippen molar-refractivity contribution in [3.63, 3.8) is 0 Å². The van der Waals surface area contributed by atoms with Gasteiger partial charge in [-0.15, -0.1) is 0 Å². The molecule has 4 aliphatic carbocycles. The summed E-state index contributed by atoms with van der Waals surface area (Å²) >= 11 is 3.83. The Kier molecular flexibility index (Phi) is 8.71. The number of carbonyl (C=O) groups is 4. The van der Waals surface area contributed by atoms with Gasteiger partial charge in [0.15, 0.2) is 0 Å². The molecule has 0 spiro atoms. The highest BCUT2D eigenvalue weighted by Gasteiger charge is 2.68. The number of carbonyl (C=O) groups excluding carboxylic acids is 4. The molecule has 0 aliphatic heterocycles. The van der Waals surface area contributed by atoms with E-state index in [4.69, 9.17) is 14.2 Å². The highest BCUT2D eigenvalue weighted by Crippen LogP contribution is 2.68. The van der Waals surface area contributed by atoms with E-state index in [1.807, 2.05) is 6.92 Å². The van der Waals surface area contributed by atoms with Crippen LogP contribution in [0.3, 0.4) is 0 Å². The van der Waals surface area contributed by atoms with Crippen LogP contribution in [0.2, 0.25) is 0 Å². The summed E-state index contributed by atoms with van der Waals surface area (Å²) < 4.78 is 16.9. The largest absolute Gasteiger partial charge is 0.466 e. The number of fused-ring (bicyclic) bond motifs is 5. The van der Waals surface area contributed by atoms with Gasteiger partial charge in [0.1, 0.15) is 18.0 Å². The average Bonchev–Trinajstić information content (AvgIpc) is 3.20. The Balaban J connectivity index is 1.64. The molecule has 214 valence electrons. The van der Waals surface area contributed by atoms with Gasteiger partial charge in [-0.25, -0.2) is 0 Å². The number of halogens is 1. The lowest BCUT2D eigenvalue weighted by molar-refractivity contribution is -0.196. The summed E-state index contributed by atoms with van der Waals surface area (Å²) in [5.41, 5.74) is -0.446. The zero-order chi connectivity index (χ0) is 28.0. The summed E-state index contributed by atoms with van der Waals surface area (Å²) in [6.45, 7) is 11.9. The van der Waals surface area contributed by atoms with Crippen molar-refractivity contribution in [1.82, 2.24) is 0 Å². The Hall–Kier alpha value is -1.44. The third kappa shape index (κ3) is 5.08. The van der Waals surface area contributed by atoms with Gasteiger partial charge >= 0.3 is 17.9 Å². The van der Waals surface area contributed by atoms with Crippen LogP contribution >= 0.6 is 15.9 Å². The van der Waals surface area contributed by atoms with Gasteiger partial charge in [-0.05, 0) is 86.9 Å². The summed E-state index contributed by atoms with van der Waals surface area (Å²) in [6, 6.07) is 0. The Bertz CT molecular complexity index is 951. The predicted octanol–water partition coefficient (Wildman–Crippen LogP) is 5.65. The van der Waals surface area contributed by atoms with Crippen LogP contribution in [-0.4, -0.2) is 47.3 Å². The van der Waals surface area contributed by atoms with Gasteiger partial charge in [-0.2, -0.15) is 0 Å². The van der Waals surface area contributed by atoms with E-state index in [9.17, 15) is 19.2 Å². The molecule has 4 fully saturated rings. The Morgan fingerprint density at radius 1 is 1.00 bits per heavy atom. The van der Waals surface area contributed by atoms with E-state index in [-0.39, 0.29) is 87.1 Å². The number of Topliss-reactive ketones (excluding diaryl/α,β-unsaturated/α-hetero) is 1. The molecule has 0 aromatic heterocycles. The normalized spacial score (nSPS) is 42.8. The minimum Gasteiger partial charge on any atom is -0.466 e. The molecule has 0 saturated heterocycles. The molecule has 0 aromatic rings. The minimum atomic E-state index is -0.332. The van der Waals surface area contributed by atoms with Gasteiger partial charge in [0.25, 0.3) is 0 Å². The molecule has 4 aliphatic rings. The number of hydrogen-bond acceptors (Lipinski definition) is 7. The number of esters is 3. The Labute approximate surface area is 235 Å². The summed E-state index contributed by atoms with van der Waals surface area (Å²) in [7, 11) is 0. The zero-order valence-corrected chi connectivity index (χ0v) is 25.4. The van der Waals surface area contributed by atoms with Gasteiger partial charge in [-0.1, -0.05) is 36.7 Å². The molecule has 4 saturated carbocycles. The van der Waals surface area contributed by atoms with Crippen molar-refractivity contribution < 1.29 is 33.4 Å². The Morgan fingerprint density at radius 2 is 1.68 bits per heavy atom. The lowest BCUT2D eigenvalue weighted by atomic mass is 9.43. The summed E-state index contributed by atoms with van der Waals surface area (Å²) in [5, 5.41) is 0. The number of alkyl halides is 1. The second kappa shape index (κ2) is 11.2. The van der Waals surface area contributed by atoms with Gasteiger partial charge < -0.3 is 14.2 Å². The van der Waals surface area contributed by atoms with Crippen LogP contribution in [-0.2, 0) is 33.4 Å². The summed E-state index contributed by atoms with van der Waals surface area (Å²) in [4.78, 5) is 50.0. The minimum absolute atomic E-state index is 0.0670. The van der Waals surface area contributed by atoms with Gasteiger partial charge in [0.05, 0.1) is 11.4 Å². The first-order valence-electron chi connectivity index (χ1n) is 14.5. The predicted molar refractivity (Wildman–Crippen MR) is 145 cm³/mol. The maximum Gasteiger partial charge on any atom is 0.305 e. The first-order valence-corrected chi connectivity index (χ1v) is 15.4. The van der Waals surface area contributed by atoms with Crippen molar-refractivity contribution in [2.45, 2.75) is 110 Å². The molecule has 4 rings (SSSR count). The SMILES string of the molecule is CCOC(=O)CC[C@H](C)[C@H]1CC[C@H]2[C@H]3C(=O)[C@@H](Br)[C@@H]4C[C@H](OC(C)=O)CC[C@]4(C)[C@@H]3C[C@H](OC(C)=O)[C@]12C. The van der Waals surface area contributed by atoms with Crippen molar-refractivity contribution >= 4 is 39.6 Å². The standard InChI is InChI=1S/C30H45BrO7/c1-7-36-25(34)11-8-16(2)20-9-10-21-26-22(15-24(30(20,21)6)38-18(4)33)29(5)13-12-19(37-17(3)32)14-23(29)27(31)28(26)35/h16,19-24,26-27H,7-15H2,1-6H3/t16-,19+,20+,21-,22+,23-,24-,26+,27-,29+,30+/m0/s1. The lowest BCUT2D eigenvalue weighted by Crippen LogP contribution is -2.64. The van der Waals surface area contributed by atoms with Crippen LogP contribution in [0.1, 0.15) is 92.9 Å². The van der Waals surface area contributed by atoms with Crippen LogP contribution in [0.5, 0.6) is 0 Å². The first-order chi connectivity index (χ1) is 17.8. The molecular weight excluding hydrogens is 552 g/mol. The molecule has 0 radical (unpaired) electrons. The maximum atomic E-state index is 14.1. The monoisotopic (exact) mass is 596 g/mol. The molecule has 0 heterocycles. The molecule has 0 amide bonds. The van der Waals surface area contributed by atoms with Crippen LogP contribution in [0, 0.1) is 46.3 Å². The molecule has 11 atom stereocenters. The fraction of sp³-hybridized carbons (Fsp3) is 0.867. The van der Waals surface area contributed by atoms with Crippen molar-refractivity contribution in [2.75, 3.05) is 6.61 Å². The van der Waals surface area contributed by atoms with E-state index in [0.29, 0.717) is 25.9 Å². The molecule has 0 aromatic carbocycles. The number of hydrogen-bond donors (Lipinski definition) is 0. The van der Waals surface area contributed by atoms with Gasteiger partial charge in [0, 0.05) is 31.6 Å². The average molecular weight is 598 g/mol. The maximum absolute atomic E-state index is 14.1. The van der Waals surface area contributed by atoms with Crippen LogP contribution in [0.4, 0.5) is 0 Å². The molecule has 0 unspecified atom stereocenters.